The standard InChI is InChI=1S/C16H24N2O4S/c1-4-14-5-7-15(8-6-14)18(23(3,20)21)13(2)16(19)17-9-11-22-12-10-17/h5-8,13H,4,9-12H2,1-3H3/t13-/m1/s1. The molecule has 0 aliphatic carbocycles. The average Bonchev–Trinajstić information content (AvgIpc) is 2.54. The fourth-order valence-corrected chi connectivity index (χ4v) is 3.90. The fraction of sp³-hybridized carbons (Fsp3) is 0.562. The Labute approximate surface area is 138 Å². The van der Waals surface area contributed by atoms with Crippen LogP contribution >= 0.6 is 0 Å². The lowest BCUT2D eigenvalue weighted by Crippen LogP contribution is -2.52. The number of anilines is 1. The predicted octanol–water partition coefficient (Wildman–Crippen LogP) is 1.26. The molecule has 1 heterocycles. The predicted molar refractivity (Wildman–Crippen MR) is 90.0 cm³/mol. The summed E-state index contributed by atoms with van der Waals surface area (Å²) in [5.74, 6) is -0.196. The van der Waals surface area contributed by atoms with Gasteiger partial charge in [0.25, 0.3) is 0 Å². The number of carbonyl (C=O) groups excluding carboxylic acids is 1. The average molecular weight is 340 g/mol. The van der Waals surface area contributed by atoms with Crippen LogP contribution in [0, 0.1) is 0 Å². The third kappa shape index (κ3) is 4.23. The van der Waals surface area contributed by atoms with E-state index in [2.05, 4.69) is 0 Å². The molecular formula is C16H24N2O4S. The number of aryl methyl sites for hydroxylation is 1. The van der Waals surface area contributed by atoms with Crippen LogP contribution in [0.5, 0.6) is 0 Å². The Morgan fingerprint density at radius 3 is 2.30 bits per heavy atom. The normalized spacial score (nSPS) is 16.9. The summed E-state index contributed by atoms with van der Waals surface area (Å²) >= 11 is 0. The first kappa shape index (κ1) is 17.7. The lowest BCUT2D eigenvalue weighted by Gasteiger charge is -2.34. The van der Waals surface area contributed by atoms with Crippen LogP contribution in [-0.4, -0.2) is 57.8 Å². The van der Waals surface area contributed by atoms with E-state index < -0.39 is 16.1 Å². The molecule has 1 saturated heterocycles. The summed E-state index contributed by atoms with van der Waals surface area (Å²) in [7, 11) is -3.57. The topological polar surface area (TPSA) is 66.9 Å². The summed E-state index contributed by atoms with van der Waals surface area (Å²) < 4.78 is 30.9. The van der Waals surface area contributed by atoms with E-state index in [-0.39, 0.29) is 5.91 Å². The Balaban J connectivity index is 2.28. The molecule has 23 heavy (non-hydrogen) atoms. The number of amides is 1. The Kier molecular flexibility index (Phi) is 5.64. The van der Waals surface area contributed by atoms with Crippen molar-refractivity contribution in [3.8, 4) is 0 Å². The van der Waals surface area contributed by atoms with E-state index in [0.717, 1.165) is 18.2 Å². The molecule has 2 rings (SSSR count). The van der Waals surface area contributed by atoms with Gasteiger partial charge in [0.2, 0.25) is 15.9 Å². The minimum atomic E-state index is -3.57. The van der Waals surface area contributed by atoms with Gasteiger partial charge in [-0.25, -0.2) is 8.42 Å². The highest BCUT2D eigenvalue weighted by Gasteiger charge is 2.32. The highest BCUT2D eigenvalue weighted by atomic mass is 32.2. The second kappa shape index (κ2) is 7.31. The number of rotatable bonds is 5. The molecule has 1 amide bonds. The van der Waals surface area contributed by atoms with Crippen molar-refractivity contribution in [3.63, 3.8) is 0 Å². The first-order chi connectivity index (χ1) is 10.8. The van der Waals surface area contributed by atoms with Gasteiger partial charge in [-0.1, -0.05) is 19.1 Å². The summed E-state index contributed by atoms with van der Waals surface area (Å²) in [5, 5.41) is 0. The maximum atomic E-state index is 12.6. The lowest BCUT2D eigenvalue weighted by molar-refractivity contribution is -0.136. The Bertz CT molecular complexity index is 637. The van der Waals surface area contributed by atoms with E-state index in [1.165, 1.54) is 4.31 Å². The number of nitrogens with zero attached hydrogens (tertiary/aromatic N) is 2. The van der Waals surface area contributed by atoms with E-state index in [4.69, 9.17) is 4.74 Å². The zero-order chi connectivity index (χ0) is 17.0. The first-order valence-corrected chi connectivity index (χ1v) is 9.64. The van der Waals surface area contributed by atoms with E-state index in [0.29, 0.717) is 32.0 Å². The van der Waals surface area contributed by atoms with Crippen LogP contribution in [-0.2, 0) is 26.0 Å². The number of hydrogen-bond acceptors (Lipinski definition) is 4. The molecule has 128 valence electrons. The highest BCUT2D eigenvalue weighted by Crippen LogP contribution is 2.22. The number of sulfonamides is 1. The molecule has 0 aromatic heterocycles. The van der Waals surface area contributed by atoms with Crippen molar-refractivity contribution in [1.29, 1.82) is 0 Å². The van der Waals surface area contributed by atoms with E-state index in [1.54, 1.807) is 24.0 Å². The van der Waals surface area contributed by atoms with Crippen molar-refractivity contribution in [2.24, 2.45) is 0 Å². The maximum absolute atomic E-state index is 12.6. The molecule has 0 saturated carbocycles. The van der Waals surface area contributed by atoms with E-state index in [1.807, 2.05) is 19.1 Å². The van der Waals surface area contributed by atoms with E-state index >= 15 is 0 Å². The minimum Gasteiger partial charge on any atom is -0.378 e. The van der Waals surface area contributed by atoms with Gasteiger partial charge in [0.15, 0.2) is 0 Å². The summed E-state index contributed by atoms with van der Waals surface area (Å²) in [6.07, 6.45) is 2.01. The maximum Gasteiger partial charge on any atom is 0.246 e. The van der Waals surface area contributed by atoms with Crippen LogP contribution in [0.4, 0.5) is 5.69 Å². The Hall–Kier alpha value is -1.60. The number of morpholine rings is 1. The van der Waals surface area contributed by atoms with Crippen molar-refractivity contribution in [3.05, 3.63) is 29.8 Å². The van der Waals surface area contributed by atoms with Crippen molar-refractivity contribution >= 4 is 21.6 Å². The SMILES string of the molecule is CCc1ccc(N([C@H](C)C(=O)N2CCOCC2)S(C)(=O)=O)cc1. The van der Waals surface area contributed by atoms with Crippen molar-refractivity contribution in [1.82, 2.24) is 4.90 Å². The number of benzene rings is 1. The molecular weight excluding hydrogens is 316 g/mol. The largest absolute Gasteiger partial charge is 0.378 e. The van der Waals surface area contributed by atoms with Gasteiger partial charge in [-0.2, -0.15) is 0 Å². The molecule has 1 aromatic rings. The van der Waals surface area contributed by atoms with Gasteiger partial charge in [-0.05, 0) is 31.0 Å². The van der Waals surface area contributed by atoms with Crippen LogP contribution in [0.2, 0.25) is 0 Å². The smallest absolute Gasteiger partial charge is 0.246 e. The molecule has 1 aliphatic rings. The van der Waals surface area contributed by atoms with Crippen LogP contribution in [0.15, 0.2) is 24.3 Å². The van der Waals surface area contributed by atoms with Crippen LogP contribution < -0.4 is 4.31 Å². The number of carbonyl (C=O) groups is 1. The minimum absolute atomic E-state index is 0.196. The van der Waals surface area contributed by atoms with Gasteiger partial charge >= 0.3 is 0 Å². The summed E-state index contributed by atoms with van der Waals surface area (Å²) in [5.41, 5.74) is 1.63. The molecule has 0 unspecified atom stereocenters. The van der Waals surface area contributed by atoms with E-state index in [9.17, 15) is 13.2 Å². The molecule has 6 nitrogen and oxygen atoms in total. The van der Waals surface area contributed by atoms with Gasteiger partial charge in [-0.3, -0.25) is 9.10 Å². The van der Waals surface area contributed by atoms with Crippen molar-refractivity contribution < 1.29 is 17.9 Å². The molecule has 0 N–H and O–H groups in total. The van der Waals surface area contributed by atoms with Crippen LogP contribution in [0.3, 0.4) is 0 Å². The molecule has 0 spiro atoms. The zero-order valence-electron chi connectivity index (χ0n) is 13.9. The summed E-state index contributed by atoms with van der Waals surface area (Å²) in [6, 6.07) is 6.50. The molecule has 1 aliphatic heterocycles. The van der Waals surface area contributed by atoms with Gasteiger partial charge in [0.05, 0.1) is 25.2 Å². The lowest BCUT2D eigenvalue weighted by atomic mass is 10.1. The van der Waals surface area contributed by atoms with Gasteiger partial charge in [0.1, 0.15) is 6.04 Å². The summed E-state index contributed by atoms with van der Waals surface area (Å²) in [4.78, 5) is 14.3. The molecule has 0 radical (unpaired) electrons. The van der Waals surface area contributed by atoms with Gasteiger partial charge in [-0.15, -0.1) is 0 Å². The zero-order valence-corrected chi connectivity index (χ0v) is 14.7. The van der Waals surface area contributed by atoms with Gasteiger partial charge in [0, 0.05) is 13.1 Å². The molecule has 7 heteroatoms. The van der Waals surface area contributed by atoms with Crippen molar-refractivity contribution in [2.75, 3.05) is 36.9 Å². The quantitative estimate of drug-likeness (QED) is 0.809. The number of ether oxygens (including phenoxy) is 1. The van der Waals surface area contributed by atoms with Crippen molar-refractivity contribution in [2.45, 2.75) is 26.3 Å². The third-order valence-corrected chi connectivity index (χ3v) is 5.23. The molecule has 0 bridgehead atoms. The van der Waals surface area contributed by atoms with Crippen LogP contribution in [0.1, 0.15) is 19.4 Å². The fourth-order valence-electron chi connectivity index (χ4n) is 2.73. The molecule has 1 fully saturated rings. The number of hydrogen-bond donors (Lipinski definition) is 0. The Morgan fingerprint density at radius 2 is 1.83 bits per heavy atom. The summed E-state index contributed by atoms with van der Waals surface area (Å²) in [6.45, 7) is 5.64. The molecule has 1 aromatic carbocycles. The second-order valence-corrected chi connectivity index (χ2v) is 7.55. The van der Waals surface area contributed by atoms with Crippen LogP contribution in [0.25, 0.3) is 0 Å². The Morgan fingerprint density at radius 1 is 1.26 bits per heavy atom. The first-order valence-electron chi connectivity index (χ1n) is 7.79. The third-order valence-electron chi connectivity index (χ3n) is 3.99. The second-order valence-electron chi connectivity index (χ2n) is 5.69. The van der Waals surface area contributed by atoms with Gasteiger partial charge < -0.3 is 9.64 Å². The monoisotopic (exact) mass is 340 g/mol. The highest BCUT2D eigenvalue weighted by molar-refractivity contribution is 7.92. The molecule has 1 atom stereocenters.